The van der Waals surface area contributed by atoms with Crippen molar-refractivity contribution >= 4 is 5.78 Å². The lowest BCUT2D eigenvalue weighted by molar-refractivity contribution is 0.0979. The highest BCUT2D eigenvalue weighted by atomic mass is 16.5. The first kappa shape index (κ1) is 15.1. The van der Waals surface area contributed by atoms with Gasteiger partial charge in [-0.25, -0.2) is 0 Å². The first-order valence-corrected chi connectivity index (χ1v) is 7.12. The van der Waals surface area contributed by atoms with E-state index in [4.69, 9.17) is 9.47 Å². The Labute approximate surface area is 125 Å². The molecule has 0 atom stereocenters. The van der Waals surface area contributed by atoms with Gasteiger partial charge in [-0.05, 0) is 43.2 Å². The molecule has 21 heavy (non-hydrogen) atoms. The van der Waals surface area contributed by atoms with E-state index in [2.05, 4.69) is 0 Å². The molecular weight excluding hydrogens is 264 g/mol. The Kier molecular flexibility index (Phi) is 5.38. The summed E-state index contributed by atoms with van der Waals surface area (Å²) in [6, 6.07) is 15.2. The number of aryl methyl sites for hydroxylation is 1. The van der Waals surface area contributed by atoms with Crippen LogP contribution in [0.25, 0.3) is 0 Å². The molecular formula is C18H20O3. The van der Waals surface area contributed by atoms with Gasteiger partial charge in [0.05, 0.1) is 19.3 Å². The zero-order valence-corrected chi connectivity index (χ0v) is 12.5. The van der Waals surface area contributed by atoms with Gasteiger partial charge in [-0.1, -0.05) is 24.3 Å². The molecule has 0 aliphatic heterocycles. The maximum Gasteiger partial charge on any atom is 0.166 e. The fraction of sp³-hybridized carbons (Fsp3) is 0.278. The van der Waals surface area contributed by atoms with Crippen molar-refractivity contribution in [1.82, 2.24) is 0 Å². The molecule has 0 spiro atoms. The summed E-state index contributed by atoms with van der Waals surface area (Å²) >= 11 is 0. The van der Waals surface area contributed by atoms with Gasteiger partial charge in [0.1, 0.15) is 11.5 Å². The van der Waals surface area contributed by atoms with Crippen LogP contribution in [0, 0.1) is 0 Å². The third-order valence-corrected chi connectivity index (χ3v) is 3.29. The fourth-order valence-corrected chi connectivity index (χ4v) is 2.16. The van der Waals surface area contributed by atoms with Crippen LogP contribution in [0.15, 0.2) is 48.5 Å². The summed E-state index contributed by atoms with van der Waals surface area (Å²) in [7, 11) is 1.64. The van der Waals surface area contributed by atoms with Gasteiger partial charge >= 0.3 is 0 Å². The topological polar surface area (TPSA) is 35.5 Å². The molecule has 2 rings (SSSR count). The van der Waals surface area contributed by atoms with E-state index in [1.165, 1.54) is 0 Å². The Morgan fingerprint density at radius 3 is 2.43 bits per heavy atom. The van der Waals surface area contributed by atoms with Gasteiger partial charge in [0.15, 0.2) is 5.78 Å². The van der Waals surface area contributed by atoms with Crippen LogP contribution < -0.4 is 9.47 Å². The van der Waals surface area contributed by atoms with Crippen molar-refractivity contribution in [2.24, 2.45) is 0 Å². The molecule has 110 valence electrons. The molecule has 0 heterocycles. The largest absolute Gasteiger partial charge is 0.497 e. The number of benzene rings is 2. The second-order valence-electron chi connectivity index (χ2n) is 4.70. The number of para-hydroxylation sites is 1. The van der Waals surface area contributed by atoms with E-state index in [9.17, 15) is 4.79 Å². The van der Waals surface area contributed by atoms with E-state index < -0.39 is 0 Å². The monoisotopic (exact) mass is 284 g/mol. The van der Waals surface area contributed by atoms with E-state index in [1.54, 1.807) is 7.11 Å². The SMILES string of the molecule is CCOc1ccccc1C(=O)CCc1ccc(OC)cc1. The summed E-state index contributed by atoms with van der Waals surface area (Å²) in [5, 5.41) is 0. The van der Waals surface area contributed by atoms with Crippen molar-refractivity contribution < 1.29 is 14.3 Å². The second-order valence-corrected chi connectivity index (χ2v) is 4.70. The molecule has 0 aliphatic carbocycles. The summed E-state index contributed by atoms with van der Waals surface area (Å²) in [5.74, 6) is 1.60. The van der Waals surface area contributed by atoms with Crippen LogP contribution in [0.5, 0.6) is 11.5 Å². The van der Waals surface area contributed by atoms with Crippen molar-refractivity contribution in [3.63, 3.8) is 0 Å². The molecule has 0 aromatic heterocycles. The van der Waals surface area contributed by atoms with Gasteiger partial charge in [-0.15, -0.1) is 0 Å². The van der Waals surface area contributed by atoms with Crippen molar-refractivity contribution in [2.45, 2.75) is 19.8 Å². The number of ether oxygens (including phenoxy) is 2. The van der Waals surface area contributed by atoms with Gasteiger partial charge in [0.25, 0.3) is 0 Å². The Hall–Kier alpha value is -2.29. The summed E-state index contributed by atoms with van der Waals surface area (Å²) in [6.45, 7) is 2.47. The highest BCUT2D eigenvalue weighted by Gasteiger charge is 2.11. The zero-order chi connectivity index (χ0) is 15.1. The highest BCUT2D eigenvalue weighted by Crippen LogP contribution is 2.21. The van der Waals surface area contributed by atoms with E-state index in [1.807, 2.05) is 55.5 Å². The first-order valence-electron chi connectivity index (χ1n) is 7.12. The van der Waals surface area contributed by atoms with Crippen LogP contribution in [0.2, 0.25) is 0 Å². The lowest BCUT2D eigenvalue weighted by Gasteiger charge is -2.09. The lowest BCUT2D eigenvalue weighted by atomic mass is 10.0. The van der Waals surface area contributed by atoms with E-state index in [0.717, 1.165) is 11.3 Å². The average Bonchev–Trinajstić information content (AvgIpc) is 2.54. The maximum absolute atomic E-state index is 12.3. The van der Waals surface area contributed by atoms with Crippen molar-refractivity contribution in [3.05, 3.63) is 59.7 Å². The molecule has 3 nitrogen and oxygen atoms in total. The van der Waals surface area contributed by atoms with Gasteiger partial charge in [0.2, 0.25) is 0 Å². The summed E-state index contributed by atoms with van der Waals surface area (Å²) in [6.07, 6.45) is 1.18. The van der Waals surface area contributed by atoms with Crippen LogP contribution in [-0.2, 0) is 6.42 Å². The molecule has 0 N–H and O–H groups in total. The molecule has 0 bridgehead atoms. The van der Waals surface area contributed by atoms with E-state index >= 15 is 0 Å². The van der Waals surface area contributed by atoms with Crippen LogP contribution in [0.4, 0.5) is 0 Å². The minimum Gasteiger partial charge on any atom is -0.497 e. The number of Topliss-reactive ketones (excluding diaryl/α,β-unsaturated/α-hetero) is 1. The molecule has 2 aromatic rings. The van der Waals surface area contributed by atoms with E-state index in [0.29, 0.717) is 30.8 Å². The van der Waals surface area contributed by atoms with Crippen LogP contribution in [-0.4, -0.2) is 19.5 Å². The quantitative estimate of drug-likeness (QED) is 0.723. The molecule has 0 fully saturated rings. The molecule has 0 aliphatic rings. The average molecular weight is 284 g/mol. The van der Waals surface area contributed by atoms with Gasteiger partial charge in [-0.3, -0.25) is 4.79 Å². The number of hydrogen-bond acceptors (Lipinski definition) is 3. The molecule has 0 saturated heterocycles. The van der Waals surface area contributed by atoms with Gasteiger partial charge in [-0.2, -0.15) is 0 Å². The molecule has 0 saturated carbocycles. The molecule has 3 heteroatoms. The van der Waals surface area contributed by atoms with Crippen molar-refractivity contribution in [2.75, 3.05) is 13.7 Å². The Balaban J connectivity index is 2.01. The third kappa shape index (κ3) is 4.09. The minimum absolute atomic E-state index is 0.106. The summed E-state index contributed by atoms with van der Waals surface area (Å²) in [4.78, 5) is 12.3. The highest BCUT2D eigenvalue weighted by molar-refractivity contribution is 5.98. The molecule has 0 unspecified atom stereocenters. The first-order chi connectivity index (χ1) is 10.2. The molecule has 0 amide bonds. The number of rotatable bonds is 7. The number of hydrogen-bond donors (Lipinski definition) is 0. The predicted octanol–water partition coefficient (Wildman–Crippen LogP) is 3.91. The predicted molar refractivity (Wildman–Crippen MR) is 83.3 cm³/mol. The molecule has 0 radical (unpaired) electrons. The summed E-state index contributed by atoms with van der Waals surface area (Å²) < 4.78 is 10.6. The number of carbonyl (C=O) groups excluding carboxylic acids is 1. The smallest absolute Gasteiger partial charge is 0.166 e. The van der Waals surface area contributed by atoms with Crippen LogP contribution >= 0.6 is 0 Å². The number of methoxy groups -OCH3 is 1. The Morgan fingerprint density at radius 1 is 1.05 bits per heavy atom. The van der Waals surface area contributed by atoms with Crippen molar-refractivity contribution in [3.8, 4) is 11.5 Å². The van der Waals surface area contributed by atoms with Crippen molar-refractivity contribution in [1.29, 1.82) is 0 Å². The van der Waals surface area contributed by atoms with Gasteiger partial charge < -0.3 is 9.47 Å². The molecule has 2 aromatic carbocycles. The Bertz CT molecular complexity index is 588. The maximum atomic E-state index is 12.3. The number of carbonyl (C=O) groups is 1. The van der Waals surface area contributed by atoms with Crippen LogP contribution in [0.3, 0.4) is 0 Å². The minimum atomic E-state index is 0.106. The normalized spacial score (nSPS) is 10.2. The second kappa shape index (κ2) is 7.48. The van der Waals surface area contributed by atoms with Crippen LogP contribution in [0.1, 0.15) is 29.3 Å². The van der Waals surface area contributed by atoms with E-state index in [-0.39, 0.29) is 5.78 Å². The lowest BCUT2D eigenvalue weighted by Crippen LogP contribution is -2.05. The third-order valence-electron chi connectivity index (χ3n) is 3.29. The zero-order valence-electron chi connectivity index (χ0n) is 12.5. The Morgan fingerprint density at radius 2 is 1.76 bits per heavy atom. The van der Waals surface area contributed by atoms with Gasteiger partial charge in [0, 0.05) is 6.42 Å². The number of ketones is 1. The fourth-order valence-electron chi connectivity index (χ4n) is 2.16. The summed E-state index contributed by atoms with van der Waals surface area (Å²) in [5.41, 5.74) is 1.78. The standard InChI is InChI=1S/C18H20O3/c1-3-21-18-7-5-4-6-16(18)17(19)13-10-14-8-11-15(20-2)12-9-14/h4-9,11-12H,3,10,13H2,1-2H3.